The maximum absolute atomic E-state index is 10.6. The number of nitrogens with zero attached hydrogens (tertiary/aromatic N) is 4. The van der Waals surface area contributed by atoms with Crippen LogP contribution in [0.3, 0.4) is 0 Å². The topological polar surface area (TPSA) is 90.1 Å². The maximum atomic E-state index is 10.6. The number of carboxylic acids is 1. The van der Waals surface area contributed by atoms with E-state index in [0.29, 0.717) is 29.7 Å². The number of carboxylic acid groups (broad SMARTS) is 1. The molecule has 3 heterocycles. The van der Waals surface area contributed by atoms with E-state index in [2.05, 4.69) is 15.0 Å². The number of imidazole rings is 1. The van der Waals surface area contributed by atoms with Crippen LogP contribution in [-0.2, 0) is 16.0 Å². The van der Waals surface area contributed by atoms with Crippen molar-refractivity contribution in [3.8, 4) is 0 Å². The predicted octanol–water partition coefficient (Wildman–Crippen LogP) is 2.59. The van der Waals surface area contributed by atoms with Crippen LogP contribution < -0.4 is 0 Å². The number of hydrogen-bond donors (Lipinski definition) is 1. The van der Waals surface area contributed by atoms with E-state index in [-0.39, 0.29) is 17.9 Å². The van der Waals surface area contributed by atoms with Gasteiger partial charge >= 0.3 is 5.97 Å². The van der Waals surface area contributed by atoms with Crippen molar-refractivity contribution in [3.63, 3.8) is 0 Å². The third-order valence-electron chi connectivity index (χ3n) is 3.74. The largest absolute Gasteiger partial charge is 0.481 e. The van der Waals surface area contributed by atoms with E-state index in [9.17, 15) is 4.79 Å². The van der Waals surface area contributed by atoms with E-state index >= 15 is 0 Å². The van der Waals surface area contributed by atoms with Crippen LogP contribution in [0.2, 0.25) is 5.28 Å². The van der Waals surface area contributed by atoms with Crippen LogP contribution in [0.5, 0.6) is 0 Å². The zero-order chi connectivity index (χ0) is 15.5. The minimum absolute atomic E-state index is 0.0726. The number of aliphatic carboxylic acids is 1. The van der Waals surface area contributed by atoms with Crippen LogP contribution in [0.25, 0.3) is 11.2 Å². The lowest BCUT2D eigenvalue weighted by Gasteiger charge is -2.23. The third-order valence-corrected chi connectivity index (χ3v) is 3.91. The number of fused-ring (bicyclic) bond motifs is 1. The Labute approximate surface area is 132 Å². The maximum Gasteiger partial charge on any atom is 0.303 e. The molecule has 2 aromatic rings. The number of carbonyl (C=O) groups is 1. The highest BCUT2D eigenvalue weighted by Crippen LogP contribution is 2.27. The lowest BCUT2D eigenvalue weighted by atomic mass is 10.1. The van der Waals surface area contributed by atoms with Gasteiger partial charge in [0.05, 0.1) is 12.0 Å². The van der Waals surface area contributed by atoms with Gasteiger partial charge in [0.15, 0.2) is 5.65 Å². The third kappa shape index (κ3) is 3.20. The second-order valence-corrected chi connectivity index (χ2v) is 5.67. The van der Waals surface area contributed by atoms with Gasteiger partial charge in [0.25, 0.3) is 0 Å². The van der Waals surface area contributed by atoms with Crippen molar-refractivity contribution >= 4 is 28.7 Å². The first kappa shape index (κ1) is 15.2. The molecule has 1 atom stereocenters. The molecule has 0 aromatic carbocycles. The van der Waals surface area contributed by atoms with Gasteiger partial charge in [-0.3, -0.25) is 9.36 Å². The summed E-state index contributed by atoms with van der Waals surface area (Å²) < 4.78 is 7.66. The molecule has 0 spiro atoms. The summed E-state index contributed by atoms with van der Waals surface area (Å²) in [6.07, 6.45) is 5.81. The minimum Gasteiger partial charge on any atom is -0.481 e. The molecule has 1 aliphatic rings. The average molecular weight is 325 g/mol. The Hall–Kier alpha value is -1.73. The number of aromatic nitrogens is 4. The van der Waals surface area contributed by atoms with E-state index in [4.69, 9.17) is 21.4 Å². The first-order chi connectivity index (χ1) is 10.6. The van der Waals surface area contributed by atoms with E-state index in [1.807, 2.05) is 4.57 Å². The second kappa shape index (κ2) is 6.58. The molecule has 2 aromatic heterocycles. The highest BCUT2D eigenvalue weighted by atomic mass is 35.5. The summed E-state index contributed by atoms with van der Waals surface area (Å²) in [5, 5.41) is 8.89. The van der Waals surface area contributed by atoms with Gasteiger partial charge in [0.1, 0.15) is 11.7 Å². The van der Waals surface area contributed by atoms with Gasteiger partial charge in [-0.2, -0.15) is 4.98 Å². The average Bonchev–Trinajstić information content (AvgIpc) is 2.91. The van der Waals surface area contributed by atoms with Gasteiger partial charge in [-0.15, -0.1) is 0 Å². The summed E-state index contributed by atoms with van der Waals surface area (Å²) in [7, 11) is 0. The lowest BCUT2D eigenvalue weighted by Crippen LogP contribution is -2.17. The molecule has 3 rings (SSSR count). The van der Waals surface area contributed by atoms with E-state index in [1.165, 1.54) is 0 Å². The van der Waals surface area contributed by atoms with Crippen molar-refractivity contribution in [1.29, 1.82) is 0 Å². The van der Waals surface area contributed by atoms with Gasteiger partial charge in [0, 0.05) is 13.0 Å². The highest BCUT2D eigenvalue weighted by Gasteiger charge is 2.20. The number of ether oxygens (including phenoxy) is 1. The normalized spacial score (nSPS) is 18.7. The monoisotopic (exact) mass is 324 g/mol. The number of halogens is 1. The van der Waals surface area contributed by atoms with Crippen LogP contribution >= 0.6 is 11.6 Å². The zero-order valence-electron chi connectivity index (χ0n) is 12.0. The quantitative estimate of drug-likeness (QED) is 0.850. The molecule has 0 bridgehead atoms. The Morgan fingerprint density at radius 2 is 2.32 bits per heavy atom. The fraction of sp³-hybridized carbons (Fsp3) is 0.571. The molecular weight excluding hydrogens is 308 g/mol. The number of aryl methyl sites for hydroxylation is 1. The molecule has 22 heavy (non-hydrogen) atoms. The van der Waals surface area contributed by atoms with Crippen molar-refractivity contribution in [1.82, 2.24) is 19.5 Å². The zero-order valence-corrected chi connectivity index (χ0v) is 12.8. The second-order valence-electron chi connectivity index (χ2n) is 5.33. The van der Waals surface area contributed by atoms with Gasteiger partial charge in [-0.05, 0) is 43.7 Å². The van der Waals surface area contributed by atoms with Gasteiger partial charge in [-0.1, -0.05) is 0 Å². The fourth-order valence-corrected chi connectivity index (χ4v) is 2.86. The molecular formula is C14H17ClN4O3. The Kier molecular flexibility index (Phi) is 4.54. The molecule has 0 saturated carbocycles. The molecule has 1 fully saturated rings. The molecule has 1 N–H and O–H groups in total. The Morgan fingerprint density at radius 1 is 1.45 bits per heavy atom. The standard InChI is InChI=1S/C14H17ClN4O3/c15-14-17-9(4-3-6-11(20)21)12-13(18-14)19(8-16-12)10-5-1-2-7-22-10/h8,10H,1-7H2,(H,20,21). The summed E-state index contributed by atoms with van der Waals surface area (Å²) in [4.78, 5) is 23.5. The fourth-order valence-electron chi connectivity index (χ4n) is 2.68. The van der Waals surface area contributed by atoms with Crippen molar-refractivity contribution < 1.29 is 14.6 Å². The Balaban J connectivity index is 1.90. The van der Waals surface area contributed by atoms with Crippen LogP contribution in [-0.4, -0.2) is 37.2 Å². The number of hydrogen-bond acceptors (Lipinski definition) is 5. The van der Waals surface area contributed by atoms with Crippen LogP contribution in [0.1, 0.15) is 44.0 Å². The predicted molar refractivity (Wildman–Crippen MR) is 79.7 cm³/mol. The van der Waals surface area contributed by atoms with E-state index < -0.39 is 5.97 Å². The molecule has 1 aliphatic heterocycles. The molecule has 1 unspecified atom stereocenters. The summed E-state index contributed by atoms with van der Waals surface area (Å²) in [5.74, 6) is -0.822. The van der Waals surface area contributed by atoms with Crippen molar-refractivity contribution in [2.75, 3.05) is 6.61 Å². The smallest absolute Gasteiger partial charge is 0.303 e. The first-order valence-electron chi connectivity index (χ1n) is 7.37. The summed E-state index contributed by atoms with van der Waals surface area (Å²) in [5.41, 5.74) is 2.01. The van der Waals surface area contributed by atoms with Crippen molar-refractivity contribution in [2.45, 2.75) is 44.8 Å². The highest BCUT2D eigenvalue weighted by molar-refractivity contribution is 6.28. The van der Waals surface area contributed by atoms with Crippen LogP contribution in [0, 0.1) is 0 Å². The van der Waals surface area contributed by atoms with Crippen LogP contribution in [0.4, 0.5) is 0 Å². The molecule has 1 saturated heterocycles. The summed E-state index contributed by atoms with van der Waals surface area (Å²) in [6.45, 7) is 0.731. The lowest BCUT2D eigenvalue weighted by molar-refractivity contribution is -0.137. The molecule has 0 aliphatic carbocycles. The van der Waals surface area contributed by atoms with Crippen molar-refractivity contribution in [3.05, 3.63) is 17.3 Å². The molecule has 0 radical (unpaired) electrons. The summed E-state index contributed by atoms with van der Waals surface area (Å²) >= 11 is 6.01. The van der Waals surface area contributed by atoms with Gasteiger partial charge in [-0.25, -0.2) is 9.97 Å². The Morgan fingerprint density at radius 3 is 3.05 bits per heavy atom. The summed E-state index contributed by atoms with van der Waals surface area (Å²) in [6, 6.07) is 0. The van der Waals surface area contributed by atoms with Gasteiger partial charge in [0.2, 0.25) is 5.28 Å². The minimum atomic E-state index is -0.822. The van der Waals surface area contributed by atoms with Gasteiger partial charge < -0.3 is 9.84 Å². The molecule has 0 amide bonds. The molecule has 7 nitrogen and oxygen atoms in total. The Bertz CT molecular complexity index is 682. The van der Waals surface area contributed by atoms with E-state index in [1.54, 1.807) is 6.33 Å². The SMILES string of the molecule is O=C(O)CCCc1nc(Cl)nc2c1ncn2C1CCCCO1. The van der Waals surface area contributed by atoms with E-state index in [0.717, 1.165) is 25.9 Å². The molecule has 8 heteroatoms. The van der Waals surface area contributed by atoms with Crippen LogP contribution in [0.15, 0.2) is 6.33 Å². The van der Waals surface area contributed by atoms with Crippen molar-refractivity contribution in [2.24, 2.45) is 0 Å². The first-order valence-corrected chi connectivity index (χ1v) is 7.75. The molecule has 118 valence electrons. The number of rotatable bonds is 5.